The van der Waals surface area contributed by atoms with Crippen LogP contribution in [0.1, 0.15) is 49.9 Å². The zero-order chi connectivity index (χ0) is 53.2. The first-order valence-electron chi connectivity index (χ1n) is 22.3. The number of benzene rings is 3. The Kier molecular flexibility index (Phi) is 12.6. The second kappa shape index (κ2) is 18.4. The molecule has 0 unspecified atom stereocenters. The van der Waals surface area contributed by atoms with Crippen LogP contribution in [0.25, 0.3) is 66.5 Å². The first kappa shape index (κ1) is 50.9. The molecule has 3 aliphatic rings. The Morgan fingerprint density at radius 2 is 0.676 bits per heavy atom. The van der Waals surface area contributed by atoms with Crippen molar-refractivity contribution in [3.05, 3.63) is 123 Å². The van der Waals surface area contributed by atoms with Gasteiger partial charge in [-0.3, -0.25) is 4.98 Å². The number of nitrogens with one attached hydrogen (secondary N) is 3. The van der Waals surface area contributed by atoms with Gasteiger partial charge in [0.15, 0.2) is 69.8 Å². The molecule has 390 valence electrons. The zero-order valence-electron chi connectivity index (χ0n) is 37.3. The number of hydrogen-bond donors (Lipinski definition) is 3. The van der Waals surface area contributed by atoms with E-state index in [1.807, 2.05) is 0 Å². The molecule has 10 nitrogen and oxygen atoms in total. The molecular weight excluding hydrogens is 1060 g/mol. The minimum Gasteiger partial charge on any atom is -0.354 e. The average molecular weight is 1090 g/mol. The molecule has 7 aromatic rings. The van der Waals surface area contributed by atoms with Crippen LogP contribution < -0.4 is 0 Å². The summed E-state index contributed by atoms with van der Waals surface area (Å²) in [5.41, 5.74) is -16.0. The summed E-state index contributed by atoms with van der Waals surface area (Å²) in [6, 6.07) is 2.80. The van der Waals surface area contributed by atoms with E-state index in [1.165, 1.54) is 0 Å². The van der Waals surface area contributed by atoms with Gasteiger partial charge in [-0.15, -0.1) is 0 Å². The van der Waals surface area contributed by atoms with Gasteiger partial charge in [-0.05, 0) is 62.8 Å². The van der Waals surface area contributed by atoms with Crippen LogP contribution in [-0.4, -0.2) is 71.6 Å². The van der Waals surface area contributed by atoms with Crippen molar-refractivity contribution in [3.63, 3.8) is 0 Å². The minimum absolute atomic E-state index is 0.172. The van der Waals surface area contributed by atoms with E-state index in [0.29, 0.717) is 25.0 Å². The van der Waals surface area contributed by atoms with E-state index >= 15 is 52.7 Å². The van der Waals surface area contributed by atoms with E-state index in [0.717, 1.165) is 20.7 Å². The maximum Gasteiger partial charge on any atom is 0.245 e. The Morgan fingerprint density at radius 3 is 1.11 bits per heavy atom. The third-order valence-electron chi connectivity index (χ3n) is 13.3. The Bertz CT molecular complexity index is 3860. The van der Waals surface area contributed by atoms with Gasteiger partial charge in [-0.1, -0.05) is 12.8 Å². The first-order valence-corrected chi connectivity index (χ1v) is 25.1. The van der Waals surface area contributed by atoms with Crippen LogP contribution in [0.4, 0.5) is 65.9 Å². The molecular formula is C47H31F15N6O4S2. The maximum atomic E-state index is 16.4. The summed E-state index contributed by atoms with van der Waals surface area (Å²) in [6.07, 6.45) is 0.390. The average Bonchev–Trinajstić information content (AvgIpc) is 4.25. The van der Waals surface area contributed by atoms with Crippen molar-refractivity contribution in [2.75, 3.05) is 26.2 Å². The zero-order valence-corrected chi connectivity index (χ0v) is 38.9. The fraction of sp³-hybridized carbons (Fsp3) is 0.255. The molecule has 0 amide bonds. The fourth-order valence-electron chi connectivity index (χ4n) is 9.72. The highest BCUT2D eigenvalue weighted by atomic mass is 32.2. The van der Waals surface area contributed by atoms with Crippen molar-refractivity contribution in [1.82, 2.24) is 28.5 Å². The lowest BCUT2D eigenvalue weighted by Crippen LogP contribution is -2.35. The van der Waals surface area contributed by atoms with Crippen molar-refractivity contribution in [2.45, 2.75) is 61.2 Å². The minimum atomic E-state index is -5.10. The summed E-state index contributed by atoms with van der Waals surface area (Å²) in [5.74, 6) is -38.8. The molecule has 4 aromatic heterocycles. The second-order valence-corrected chi connectivity index (χ2v) is 21.3. The maximum absolute atomic E-state index is 16.4. The molecule has 3 aromatic carbocycles. The number of sulfonamides is 2. The Hall–Kier alpha value is -6.58. The van der Waals surface area contributed by atoms with Crippen LogP contribution in [0.3, 0.4) is 0 Å². The van der Waals surface area contributed by atoms with Gasteiger partial charge in [0.2, 0.25) is 37.5 Å². The second-order valence-electron chi connectivity index (χ2n) is 17.5. The highest BCUT2D eigenvalue weighted by Crippen LogP contribution is 2.45. The smallest absolute Gasteiger partial charge is 0.245 e. The van der Waals surface area contributed by atoms with Crippen LogP contribution in [0.5, 0.6) is 0 Å². The Balaban J connectivity index is 1.53. The van der Waals surface area contributed by atoms with Gasteiger partial charge in [0.05, 0.1) is 50.1 Å². The lowest BCUT2D eigenvalue weighted by atomic mass is 9.98. The number of piperidine rings is 2. The van der Waals surface area contributed by atoms with Crippen molar-refractivity contribution >= 4 is 53.1 Å². The van der Waals surface area contributed by atoms with Crippen LogP contribution in [0.2, 0.25) is 0 Å². The summed E-state index contributed by atoms with van der Waals surface area (Å²) < 4.78 is 295. The van der Waals surface area contributed by atoms with Gasteiger partial charge >= 0.3 is 0 Å². The van der Waals surface area contributed by atoms with Crippen LogP contribution >= 0.6 is 0 Å². The van der Waals surface area contributed by atoms with Gasteiger partial charge in [0.25, 0.3) is 0 Å². The number of aromatic amines is 3. The largest absolute Gasteiger partial charge is 0.354 e. The van der Waals surface area contributed by atoms with Crippen molar-refractivity contribution in [1.29, 1.82) is 0 Å². The standard InChI is InChI=1S/C47H31F15N6O4S2/c48-31-28(32(49)38(55)43(60)37(31)54)25-17-7-8-19(63-17)26(29-33(50)39(56)44(61)40(57)34(29)51)21-15-23(73(69,70)67-11-3-1-4-12-67)46(65-21)22-16-24(74(71,72)68-13-5-2-6-14-68)47(66-22)27(20-10-9-18(25)64-20)30-35(52)41(58)45(62)42(59)36(30)53/h7-8,15-16,63,65-66H,1-6,9-14H2. The highest BCUT2D eigenvalue weighted by molar-refractivity contribution is 7.89. The molecule has 0 saturated carbocycles. The molecule has 8 bridgehead atoms. The van der Waals surface area contributed by atoms with Crippen LogP contribution in [-0.2, 0) is 32.9 Å². The van der Waals surface area contributed by atoms with Gasteiger partial charge in [0.1, 0.15) is 9.79 Å². The molecule has 0 radical (unpaired) electrons. The summed E-state index contributed by atoms with van der Waals surface area (Å²) in [6.45, 7) is -0.793. The van der Waals surface area contributed by atoms with Gasteiger partial charge in [-0.2, -0.15) is 8.61 Å². The van der Waals surface area contributed by atoms with Crippen molar-refractivity contribution < 1.29 is 82.7 Å². The lowest BCUT2D eigenvalue weighted by molar-refractivity contribution is 0.347. The number of aryl methyl sites for hydroxylation is 2. The topological polar surface area (TPSA) is 135 Å². The number of halogens is 15. The number of H-pyrrole nitrogens is 3. The summed E-state index contributed by atoms with van der Waals surface area (Å²) in [7, 11) is -10.1. The molecule has 10 rings (SSSR count). The predicted octanol–water partition coefficient (Wildman–Crippen LogP) is 11.7. The first-order chi connectivity index (χ1) is 35.0. The Morgan fingerprint density at radius 1 is 0.351 bits per heavy atom. The number of aromatic nitrogens is 4. The van der Waals surface area contributed by atoms with Gasteiger partial charge in [0, 0.05) is 53.9 Å². The molecule has 74 heavy (non-hydrogen) atoms. The van der Waals surface area contributed by atoms with Crippen molar-refractivity contribution in [3.8, 4) is 33.4 Å². The molecule has 7 heterocycles. The summed E-state index contributed by atoms with van der Waals surface area (Å²) in [5, 5.41) is 0. The molecule has 2 fully saturated rings. The van der Waals surface area contributed by atoms with E-state index in [2.05, 4.69) is 19.9 Å². The molecule has 27 heteroatoms. The molecule has 0 atom stereocenters. The summed E-state index contributed by atoms with van der Waals surface area (Å²) in [4.78, 5) is 9.64. The lowest BCUT2D eigenvalue weighted by Gasteiger charge is -2.25. The monoisotopic (exact) mass is 1090 g/mol. The normalized spacial score (nSPS) is 15.8. The third-order valence-corrected chi connectivity index (χ3v) is 17.1. The van der Waals surface area contributed by atoms with E-state index in [9.17, 15) is 30.0 Å². The van der Waals surface area contributed by atoms with E-state index in [1.54, 1.807) is 0 Å². The predicted molar refractivity (Wildman–Crippen MR) is 235 cm³/mol. The molecule has 0 aliphatic carbocycles. The number of hydrogen-bond acceptors (Lipinski definition) is 5. The fourth-order valence-corrected chi connectivity index (χ4v) is 13.1. The number of nitrogens with zero attached hydrogens (tertiary/aromatic N) is 3. The van der Waals surface area contributed by atoms with Crippen molar-refractivity contribution in [2.24, 2.45) is 0 Å². The molecule has 0 spiro atoms. The Labute approximate surface area is 406 Å². The van der Waals surface area contributed by atoms with Gasteiger partial charge in [-0.25, -0.2) is 82.7 Å². The molecule has 3 N–H and O–H groups in total. The number of fused-ring (bicyclic) bond motifs is 9. The summed E-state index contributed by atoms with van der Waals surface area (Å²) >= 11 is 0. The van der Waals surface area contributed by atoms with E-state index in [-0.39, 0.29) is 51.9 Å². The third kappa shape index (κ3) is 7.73. The highest BCUT2D eigenvalue weighted by Gasteiger charge is 2.38. The molecule has 2 saturated heterocycles. The number of rotatable bonds is 7. The SMILES string of the molecule is O=S(=O)(c1cc2[nH]c1c(-c1c(F)c(F)c(F)c(F)c1F)c1nc(c(-c3c(F)c(F)c(F)c(F)c3F)c3ccc([nH]3)c(-c3c(F)c(F)c(F)c(F)c3F)c3cc(S(=O)(=O)N4CCCCC4)c2[nH]3)CC1)N1CCCCC1. The van der Waals surface area contributed by atoms with Crippen LogP contribution in [0, 0.1) is 87.3 Å². The van der Waals surface area contributed by atoms with Gasteiger partial charge < -0.3 is 15.0 Å². The van der Waals surface area contributed by atoms with E-state index in [4.69, 9.17) is 0 Å². The van der Waals surface area contributed by atoms with E-state index < -0.39 is 208 Å². The molecule has 3 aliphatic heterocycles. The van der Waals surface area contributed by atoms with Crippen LogP contribution in [0.15, 0.2) is 34.1 Å². The quantitative estimate of drug-likeness (QED) is 0.0830.